The lowest BCUT2D eigenvalue weighted by Crippen LogP contribution is -2.07. The van der Waals surface area contributed by atoms with E-state index < -0.39 is 5.82 Å². The SMILES string of the molecule is COc1cc(F)c(C(=O)Cc2cccc(Br)c2)cc1OC. The molecule has 0 fully saturated rings. The van der Waals surface area contributed by atoms with Crippen LogP contribution in [0.3, 0.4) is 0 Å². The van der Waals surface area contributed by atoms with Gasteiger partial charge in [0, 0.05) is 17.0 Å². The van der Waals surface area contributed by atoms with Gasteiger partial charge in [0.25, 0.3) is 0 Å². The molecular weight excluding hydrogens is 339 g/mol. The Hall–Kier alpha value is -1.88. The summed E-state index contributed by atoms with van der Waals surface area (Å²) in [4.78, 5) is 12.3. The molecule has 3 nitrogen and oxygen atoms in total. The van der Waals surface area contributed by atoms with Crippen molar-refractivity contribution in [1.82, 2.24) is 0 Å². The molecule has 110 valence electrons. The molecule has 0 saturated heterocycles. The van der Waals surface area contributed by atoms with Crippen molar-refractivity contribution in [2.24, 2.45) is 0 Å². The van der Waals surface area contributed by atoms with Gasteiger partial charge < -0.3 is 9.47 Å². The van der Waals surface area contributed by atoms with Crippen LogP contribution in [0.5, 0.6) is 11.5 Å². The highest BCUT2D eigenvalue weighted by Crippen LogP contribution is 2.30. The van der Waals surface area contributed by atoms with Gasteiger partial charge in [-0.3, -0.25) is 4.79 Å². The number of carbonyl (C=O) groups is 1. The Labute approximate surface area is 130 Å². The number of rotatable bonds is 5. The summed E-state index contributed by atoms with van der Waals surface area (Å²) in [5.41, 5.74) is 0.802. The highest BCUT2D eigenvalue weighted by Gasteiger charge is 2.17. The van der Waals surface area contributed by atoms with Gasteiger partial charge in [-0.05, 0) is 23.8 Å². The Balaban J connectivity index is 2.31. The number of ether oxygens (including phenoxy) is 2. The minimum Gasteiger partial charge on any atom is -0.493 e. The normalized spacial score (nSPS) is 10.3. The smallest absolute Gasteiger partial charge is 0.170 e. The van der Waals surface area contributed by atoms with Gasteiger partial charge in [0.15, 0.2) is 17.3 Å². The number of Topliss-reactive ketones (excluding diaryl/α,β-unsaturated/α-hetero) is 1. The van der Waals surface area contributed by atoms with Crippen molar-refractivity contribution >= 4 is 21.7 Å². The zero-order valence-corrected chi connectivity index (χ0v) is 13.2. The van der Waals surface area contributed by atoms with E-state index in [2.05, 4.69) is 15.9 Å². The first-order chi connectivity index (χ1) is 10.0. The lowest BCUT2D eigenvalue weighted by Gasteiger charge is -2.10. The average molecular weight is 353 g/mol. The molecule has 0 aromatic heterocycles. The first kappa shape index (κ1) is 15.5. The lowest BCUT2D eigenvalue weighted by molar-refractivity contribution is 0.0988. The number of methoxy groups -OCH3 is 2. The van der Waals surface area contributed by atoms with Gasteiger partial charge in [0.2, 0.25) is 0 Å². The molecular formula is C16H14BrFO3. The van der Waals surface area contributed by atoms with Crippen molar-refractivity contribution in [3.63, 3.8) is 0 Å². The van der Waals surface area contributed by atoms with Crippen LogP contribution >= 0.6 is 15.9 Å². The van der Waals surface area contributed by atoms with E-state index in [9.17, 15) is 9.18 Å². The van der Waals surface area contributed by atoms with Crippen LogP contribution in [0.1, 0.15) is 15.9 Å². The summed E-state index contributed by atoms with van der Waals surface area (Å²) in [5.74, 6) is -0.343. The van der Waals surface area contributed by atoms with Crippen molar-refractivity contribution in [3.8, 4) is 11.5 Å². The molecule has 21 heavy (non-hydrogen) atoms. The number of halogens is 2. The van der Waals surface area contributed by atoms with E-state index in [1.54, 1.807) is 0 Å². The molecule has 2 rings (SSSR count). The summed E-state index contributed by atoms with van der Waals surface area (Å²) < 4.78 is 25.0. The molecule has 0 N–H and O–H groups in total. The molecule has 0 heterocycles. The van der Waals surface area contributed by atoms with E-state index in [0.717, 1.165) is 16.1 Å². The standard InChI is InChI=1S/C16H14BrFO3/c1-20-15-8-12(13(18)9-16(15)21-2)14(19)7-10-4-3-5-11(17)6-10/h3-6,8-9H,7H2,1-2H3. The van der Waals surface area contributed by atoms with Crippen molar-refractivity contribution in [1.29, 1.82) is 0 Å². The fourth-order valence-corrected chi connectivity index (χ4v) is 2.44. The average Bonchev–Trinajstić information content (AvgIpc) is 2.46. The first-order valence-corrected chi connectivity index (χ1v) is 7.03. The molecule has 5 heteroatoms. The maximum atomic E-state index is 14.0. The molecule has 0 atom stereocenters. The molecule has 2 aromatic rings. The van der Waals surface area contributed by atoms with E-state index in [0.29, 0.717) is 5.75 Å². The van der Waals surface area contributed by atoms with Crippen LogP contribution in [0.25, 0.3) is 0 Å². The number of carbonyl (C=O) groups excluding carboxylic acids is 1. The van der Waals surface area contributed by atoms with E-state index in [1.807, 2.05) is 24.3 Å². The molecule has 0 amide bonds. The second kappa shape index (κ2) is 6.72. The highest BCUT2D eigenvalue weighted by atomic mass is 79.9. The molecule has 2 aromatic carbocycles. The Bertz CT molecular complexity index is 671. The van der Waals surface area contributed by atoms with Gasteiger partial charge >= 0.3 is 0 Å². The summed E-state index contributed by atoms with van der Waals surface area (Å²) in [6, 6.07) is 9.88. The summed E-state index contributed by atoms with van der Waals surface area (Å²) >= 11 is 3.34. The van der Waals surface area contributed by atoms with Crippen molar-refractivity contribution in [3.05, 3.63) is 57.8 Å². The topological polar surface area (TPSA) is 35.5 Å². The Morgan fingerprint density at radius 2 is 1.81 bits per heavy atom. The maximum Gasteiger partial charge on any atom is 0.170 e. The highest BCUT2D eigenvalue weighted by molar-refractivity contribution is 9.10. The molecule has 0 unspecified atom stereocenters. The molecule has 0 radical (unpaired) electrons. The molecule has 0 spiro atoms. The zero-order valence-electron chi connectivity index (χ0n) is 11.7. The van der Waals surface area contributed by atoms with Gasteiger partial charge in [0.05, 0.1) is 19.8 Å². The van der Waals surface area contributed by atoms with E-state index in [4.69, 9.17) is 9.47 Å². The van der Waals surface area contributed by atoms with Gasteiger partial charge in [-0.2, -0.15) is 0 Å². The second-order valence-electron chi connectivity index (χ2n) is 4.42. The van der Waals surface area contributed by atoms with Gasteiger partial charge in [-0.15, -0.1) is 0 Å². The minimum absolute atomic E-state index is 0.00683. The molecule has 0 aliphatic carbocycles. The molecule has 0 aliphatic heterocycles. The van der Waals surface area contributed by atoms with Crippen LogP contribution in [0.15, 0.2) is 40.9 Å². The van der Waals surface area contributed by atoms with Crippen molar-refractivity contribution in [2.75, 3.05) is 14.2 Å². The van der Waals surface area contributed by atoms with Crippen LogP contribution in [0, 0.1) is 5.82 Å². The summed E-state index contributed by atoms with van der Waals surface area (Å²) in [6.07, 6.45) is 0.117. The molecule has 0 saturated carbocycles. The fourth-order valence-electron chi connectivity index (χ4n) is 2.00. The first-order valence-electron chi connectivity index (χ1n) is 6.24. The Morgan fingerprint density at radius 1 is 1.14 bits per heavy atom. The maximum absolute atomic E-state index is 14.0. The zero-order chi connectivity index (χ0) is 15.4. The van der Waals surface area contributed by atoms with E-state index in [1.165, 1.54) is 20.3 Å². The predicted octanol–water partition coefficient (Wildman–Crippen LogP) is 4.03. The Kier molecular flexibility index (Phi) is 4.96. The lowest BCUT2D eigenvalue weighted by atomic mass is 10.0. The molecule has 0 aliphatic rings. The number of hydrogen-bond acceptors (Lipinski definition) is 3. The second-order valence-corrected chi connectivity index (χ2v) is 5.33. The number of hydrogen-bond donors (Lipinski definition) is 0. The van der Waals surface area contributed by atoms with Gasteiger partial charge in [-0.25, -0.2) is 4.39 Å². The quantitative estimate of drug-likeness (QED) is 0.762. The van der Waals surface area contributed by atoms with E-state index in [-0.39, 0.29) is 23.5 Å². The third kappa shape index (κ3) is 3.61. The number of benzene rings is 2. The van der Waals surface area contributed by atoms with Gasteiger partial charge in [0.1, 0.15) is 5.82 Å². The van der Waals surface area contributed by atoms with Crippen LogP contribution in [0.2, 0.25) is 0 Å². The fraction of sp³-hybridized carbons (Fsp3) is 0.188. The molecule has 0 bridgehead atoms. The predicted molar refractivity (Wildman–Crippen MR) is 81.7 cm³/mol. The minimum atomic E-state index is -0.618. The third-order valence-corrected chi connectivity index (χ3v) is 3.52. The van der Waals surface area contributed by atoms with Crippen LogP contribution < -0.4 is 9.47 Å². The van der Waals surface area contributed by atoms with Crippen molar-refractivity contribution in [2.45, 2.75) is 6.42 Å². The van der Waals surface area contributed by atoms with Gasteiger partial charge in [-0.1, -0.05) is 28.1 Å². The summed E-state index contributed by atoms with van der Waals surface area (Å²) in [7, 11) is 2.86. The largest absolute Gasteiger partial charge is 0.493 e. The monoisotopic (exact) mass is 352 g/mol. The van der Waals surface area contributed by atoms with Crippen LogP contribution in [-0.4, -0.2) is 20.0 Å². The Morgan fingerprint density at radius 3 is 2.43 bits per heavy atom. The van der Waals surface area contributed by atoms with E-state index >= 15 is 0 Å². The summed E-state index contributed by atoms with van der Waals surface area (Å²) in [6.45, 7) is 0. The third-order valence-electron chi connectivity index (χ3n) is 3.03. The van der Waals surface area contributed by atoms with Crippen LogP contribution in [-0.2, 0) is 6.42 Å². The number of ketones is 1. The summed E-state index contributed by atoms with van der Waals surface area (Å²) in [5, 5.41) is 0. The van der Waals surface area contributed by atoms with Crippen LogP contribution in [0.4, 0.5) is 4.39 Å². The van der Waals surface area contributed by atoms with Crippen molar-refractivity contribution < 1.29 is 18.7 Å².